The van der Waals surface area contributed by atoms with Crippen LogP contribution in [0.2, 0.25) is 0 Å². The molecule has 1 N–H and O–H groups in total. The van der Waals surface area contributed by atoms with Crippen molar-refractivity contribution in [3.05, 3.63) is 0 Å². The third kappa shape index (κ3) is 4.22. The van der Waals surface area contributed by atoms with E-state index in [1.54, 1.807) is 11.8 Å². The Hall–Kier alpha value is 0.100. The minimum absolute atomic E-state index is 0.0191. The highest BCUT2D eigenvalue weighted by molar-refractivity contribution is 8.00. The van der Waals surface area contributed by atoms with Crippen LogP contribution in [0.4, 0.5) is 13.2 Å². The summed E-state index contributed by atoms with van der Waals surface area (Å²) in [5.41, 5.74) is 0. The van der Waals surface area contributed by atoms with E-state index in [0.717, 1.165) is 18.6 Å². The minimum atomic E-state index is -4.08. The van der Waals surface area contributed by atoms with Crippen LogP contribution in [0.1, 0.15) is 19.8 Å². The standard InChI is InChI=1S/C8H14F3NS/c1-7(3-2-4-13-7)5-12-6-8(9,10)11/h12H,2-6H2,1H3. The molecule has 0 radical (unpaired) electrons. The van der Waals surface area contributed by atoms with Crippen LogP contribution >= 0.6 is 11.8 Å². The topological polar surface area (TPSA) is 12.0 Å². The van der Waals surface area contributed by atoms with Gasteiger partial charge >= 0.3 is 6.18 Å². The van der Waals surface area contributed by atoms with Gasteiger partial charge in [0.1, 0.15) is 0 Å². The summed E-state index contributed by atoms with van der Waals surface area (Å²) in [6, 6.07) is 0. The average molecular weight is 213 g/mol. The number of hydrogen-bond acceptors (Lipinski definition) is 2. The molecular formula is C8H14F3NS. The molecule has 78 valence electrons. The normalized spacial score (nSPS) is 29.5. The monoisotopic (exact) mass is 213 g/mol. The fraction of sp³-hybridized carbons (Fsp3) is 1.00. The van der Waals surface area contributed by atoms with Crippen LogP contribution in [0, 0.1) is 0 Å². The molecule has 1 unspecified atom stereocenters. The highest BCUT2D eigenvalue weighted by Gasteiger charge is 2.32. The Labute approximate surface area is 80.5 Å². The van der Waals surface area contributed by atoms with Gasteiger partial charge < -0.3 is 5.32 Å². The number of nitrogens with one attached hydrogen (secondary N) is 1. The third-order valence-electron chi connectivity index (χ3n) is 2.12. The zero-order chi connectivity index (χ0) is 9.95. The summed E-state index contributed by atoms with van der Waals surface area (Å²) in [5.74, 6) is 1.07. The quantitative estimate of drug-likeness (QED) is 0.772. The third-order valence-corrected chi connectivity index (χ3v) is 3.66. The predicted molar refractivity (Wildman–Crippen MR) is 49.0 cm³/mol. The first-order chi connectivity index (χ1) is 5.91. The molecule has 1 fully saturated rings. The van der Waals surface area contributed by atoms with Crippen molar-refractivity contribution in [1.82, 2.24) is 5.32 Å². The van der Waals surface area contributed by atoms with E-state index in [1.165, 1.54) is 0 Å². The van der Waals surface area contributed by atoms with Crippen molar-refractivity contribution in [2.24, 2.45) is 0 Å². The van der Waals surface area contributed by atoms with Gasteiger partial charge in [0.25, 0.3) is 0 Å². The first-order valence-corrected chi connectivity index (χ1v) is 5.31. The largest absolute Gasteiger partial charge is 0.401 e. The van der Waals surface area contributed by atoms with Crippen molar-refractivity contribution in [3.8, 4) is 0 Å². The highest BCUT2D eigenvalue weighted by atomic mass is 32.2. The van der Waals surface area contributed by atoms with Crippen LogP contribution in [-0.4, -0.2) is 29.8 Å². The number of alkyl halides is 3. The van der Waals surface area contributed by atoms with Gasteiger partial charge in [-0.1, -0.05) is 0 Å². The maximum absolute atomic E-state index is 11.8. The fourth-order valence-corrected chi connectivity index (χ4v) is 2.72. The molecule has 0 aromatic carbocycles. The molecule has 1 atom stereocenters. The van der Waals surface area contributed by atoms with Crippen molar-refractivity contribution in [2.45, 2.75) is 30.7 Å². The van der Waals surface area contributed by atoms with E-state index in [1.807, 2.05) is 6.92 Å². The second kappa shape index (κ2) is 4.09. The Balaban J connectivity index is 2.18. The van der Waals surface area contributed by atoms with Crippen LogP contribution in [-0.2, 0) is 0 Å². The number of halogens is 3. The summed E-state index contributed by atoms with van der Waals surface area (Å²) in [6.07, 6.45) is -1.95. The summed E-state index contributed by atoms with van der Waals surface area (Å²) < 4.78 is 35.4. The molecule has 1 rings (SSSR count). The van der Waals surface area contributed by atoms with E-state index in [-0.39, 0.29) is 4.75 Å². The Morgan fingerprint density at radius 2 is 2.15 bits per heavy atom. The van der Waals surface area contributed by atoms with Crippen molar-refractivity contribution in [2.75, 3.05) is 18.8 Å². The molecule has 5 heteroatoms. The summed E-state index contributed by atoms with van der Waals surface area (Å²) in [6.45, 7) is 1.61. The van der Waals surface area contributed by atoms with Gasteiger partial charge in [-0.2, -0.15) is 24.9 Å². The van der Waals surface area contributed by atoms with E-state index < -0.39 is 12.7 Å². The van der Waals surface area contributed by atoms with Gasteiger partial charge in [-0.15, -0.1) is 0 Å². The molecule has 1 saturated heterocycles. The average Bonchev–Trinajstić information content (AvgIpc) is 2.33. The minimum Gasteiger partial charge on any atom is -0.307 e. The van der Waals surface area contributed by atoms with E-state index in [9.17, 15) is 13.2 Å². The van der Waals surface area contributed by atoms with Crippen LogP contribution in [0.3, 0.4) is 0 Å². The van der Waals surface area contributed by atoms with E-state index in [0.29, 0.717) is 6.54 Å². The van der Waals surface area contributed by atoms with Gasteiger partial charge in [0.15, 0.2) is 0 Å². The molecule has 13 heavy (non-hydrogen) atoms. The Bertz CT molecular complexity index is 163. The van der Waals surface area contributed by atoms with Gasteiger partial charge in [0.2, 0.25) is 0 Å². The van der Waals surface area contributed by atoms with Gasteiger partial charge in [0, 0.05) is 11.3 Å². The van der Waals surface area contributed by atoms with Gasteiger partial charge in [-0.3, -0.25) is 0 Å². The lowest BCUT2D eigenvalue weighted by Gasteiger charge is -2.23. The first kappa shape index (κ1) is 11.2. The Morgan fingerprint density at radius 1 is 1.46 bits per heavy atom. The van der Waals surface area contributed by atoms with Crippen molar-refractivity contribution >= 4 is 11.8 Å². The second-order valence-electron chi connectivity index (χ2n) is 3.62. The lowest BCUT2D eigenvalue weighted by molar-refractivity contribution is -0.124. The number of rotatable bonds is 3. The lowest BCUT2D eigenvalue weighted by atomic mass is 10.1. The first-order valence-electron chi connectivity index (χ1n) is 4.33. The summed E-state index contributed by atoms with van der Waals surface area (Å²) in [5, 5.41) is 2.46. The maximum Gasteiger partial charge on any atom is 0.401 e. The molecule has 0 aliphatic carbocycles. The molecule has 1 aliphatic heterocycles. The molecule has 0 spiro atoms. The Morgan fingerprint density at radius 3 is 2.62 bits per heavy atom. The molecule has 0 saturated carbocycles. The number of hydrogen-bond donors (Lipinski definition) is 1. The zero-order valence-corrected chi connectivity index (χ0v) is 8.39. The lowest BCUT2D eigenvalue weighted by Crippen LogP contribution is -2.38. The summed E-state index contributed by atoms with van der Waals surface area (Å²) in [4.78, 5) is 0. The molecule has 1 heterocycles. The molecule has 0 amide bonds. The van der Waals surface area contributed by atoms with Gasteiger partial charge in [-0.25, -0.2) is 0 Å². The number of thioether (sulfide) groups is 1. The summed E-state index contributed by atoms with van der Waals surface area (Å²) >= 11 is 1.77. The smallest absolute Gasteiger partial charge is 0.307 e. The predicted octanol–water partition coefficient (Wildman–Crippen LogP) is 2.42. The van der Waals surface area contributed by atoms with Crippen LogP contribution in [0.25, 0.3) is 0 Å². The highest BCUT2D eigenvalue weighted by Crippen LogP contribution is 2.37. The molecule has 0 aromatic rings. The molecular weight excluding hydrogens is 199 g/mol. The second-order valence-corrected chi connectivity index (χ2v) is 5.30. The molecule has 0 bridgehead atoms. The van der Waals surface area contributed by atoms with E-state index in [4.69, 9.17) is 0 Å². The molecule has 1 nitrogen and oxygen atoms in total. The van der Waals surface area contributed by atoms with E-state index >= 15 is 0 Å². The van der Waals surface area contributed by atoms with Gasteiger partial charge in [-0.05, 0) is 25.5 Å². The Kier molecular flexibility index (Phi) is 3.51. The SMILES string of the molecule is CC1(CNCC(F)(F)F)CCCS1. The van der Waals surface area contributed by atoms with E-state index in [2.05, 4.69) is 5.32 Å². The molecule has 0 aromatic heterocycles. The van der Waals surface area contributed by atoms with Crippen LogP contribution in [0.15, 0.2) is 0 Å². The van der Waals surface area contributed by atoms with Gasteiger partial charge in [0.05, 0.1) is 6.54 Å². The van der Waals surface area contributed by atoms with Crippen molar-refractivity contribution in [1.29, 1.82) is 0 Å². The zero-order valence-electron chi connectivity index (χ0n) is 7.58. The van der Waals surface area contributed by atoms with Crippen LogP contribution in [0.5, 0.6) is 0 Å². The maximum atomic E-state index is 11.8. The summed E-state index contributed by atoms with van der Waals surface area (Å²) in [7, 11) is 0. The van der Waals surface area contributed by atoms with Crippen LogP contribution < -0.4 is 5.32 Å². The van der Waals surface area contributed by atoms with Crippen molar-refractivity contribution < 1.29 is 13.2 Å². The molecule has 1 aliphatic rings. The fourth-order valence-electron chi connectivity index (χ4n) is 1.44. The van der Waals surface area contributed by atoms with Crippen molar-refractivity contribution in [3.63, 3.8) is 0 Å².